The third-order valence-electron chi connectivity index (χ3n) is 4.54. The number of carbonyl (C=O) groups excluding carboxylic acids is 1. The Balaban J connectivity index is 1.72. The van der Waals surface area contributed by atoms with E-state index in [1.807, 2.05) is 69.4 Å². The normalized spacial score (nSPS) is 10.6. The summed E-state index contributed by atoms with van der Waals surface area (Å²) < 4.78 is 7.50. The molecule has 0 saturated heterocycles. The number of hydrogen-bond donors (Lipinski definition) is 1. The first-order valence-corrected chi connectivity index (χ1v) is 8.81. The van der Waals surface area contributed by atoms with Crippen LogP contribution in [-0.4, -0.2) is 17.1 Å². The maximum atomic E-state index is 12.7. The van der Waals surface area contributed by atoms with E-state index in [4.69, 9.17) is 4.74 Å². The second-order valence-electron chi connectivity index (χ2n) is 6.21. The molecular formula is C22H24N2O2. The van der Waals surface area contributed by atoms with Crippen LogP contribution in [0.1, 0.15) is 28.5 Å². The third kappa shape index (κ3) is 3.80. The summed E-state index contributed by atoms with van der Waals surface area (Å²) in [4.78, 5) is 12.7. The molecule has 0 unspecified atom stereocenters. The topological polar surface area (TPSA) is 43.3 Å². The van der Waals surface area contributed by atoms with Crippen molar-refractivity contribution >= 4 is 5.91 Å². The number of nitrogens with zero attached hydrogens (tertiary/aromatic N) is 1. The van der Waals surface area contributed by atoms with E-state index in [-0.39, 0.29) is 5.91 Å². The summed E-state index contributed by atoms with van der Waals surface area (Å²) in [5.41, 5.74) is 4.84. The Morgan fingerprint density at radius 1 is 1.08 bits per heavy atom. The maximum Gasteiger partial charge on any atom is 0.253 e. The third-order valence-corrected chi connectivity index (χ3v) is 4.54. The van der Waals surface area contributed by atoms with Crippen molar-refractivity contribution in [1.29, 1.82) is 0 Å². The van der Waals surface area contributed by atoms with E-state index in [0.717, 1.165) is 28.3 Å². The van der Waals surface area contributed by atoms with Gasteiger partial charge in [0.25, 0.3) is 5.91 Å². The minimum atomic E-state index is -0.0610. The average molecular weight is 348 g/mol. The average Bonchev–Trinajstić information content (AvgIpc) is 2.97. The lowest BCUT2D eigenvalue weighted by Crippen LogP contribution is -2.23. The molecule has 4 nitrogen and oxygen atoms in total. The number of hydrogen-bond acceptors (Lipinski definition) is 2. The van der Waals surface area contributed by atoms with Crippen LogP contribution < -0.4 is 10.1 Å². The highest BCUT2D eigenvalue weighted by molar-refractivity contribution is 5.96. The molecule has 0 bridgehead atoms. The molecule has 3 aromatic rings. The Bertz CT molecular complexity index is 881. The lowest BCUT2D eigenvalue weighted by molar-refractivity contribution is 0.0950. The van der Waals surface area contributed by atoms with Crippen LogP contribution in [0.4, 0.5) is 0 Å². The van der Waals surface area contributed by atoms with Crippen molar-refractivity contribution in [2.24, 2.45) is 7.05 Å². The van der Waals surface area contributed by atoms with Crippen molar-refractivity contribution < 1.29 is 9.53 Å². The molecule has 4 heteroatoms. The molecule has 0 aliphatic carbocycles. The highest BCUT2D eigenvalue weighted by Crippen LogP contribution is 2.24. The summed E-state index contributed by atoms with van der Waals surface area (Å²) in [6, 6.07) is 19.8. The maximum absolute atomic E-state index is 12.7. The van der Waals surface area contributed by atoms with E-state index < -0.39 is 0 Å². The van der Waals surface area contributed by atoms with Gasteiger partial charge >= 0.3 is 0 Å². The van der Waals surface area contributed by atoms with Gasteiger partial charge in [-0.3, -0.25) is 4.79 Å². The fraction of sp³-hybridized carbons (Fsp3) is 0.227. The van der Waals surface area contributed by atoms with E-state index in [0.29, 0.717) is 18.7 Å². The van der Waals surface area contributed by atoms with Crippen LogP contribution in [0.15, 0.2) is 60.7 Å². The van der Waals surface area contributed by atoms with Gasteiger partial charge in [-0.15, -0.1) is 0 Å². The quantitative estimate of drug-likeness (QED) is 0.720. The van der Waals surface area contributed by atoms with Crippen molar-refractivity contribution in [2.45, 2.75) is 20.4 Å². The molecular weight excluding hydrogens is 324 g/mol. The van der Waals surface area contributed by atoms with Crippen LogP contribution >= 0.6 is 0 Å². The van der Waals surface area contributed by atoms with Crippen LogP contribution in [0.5, 0.6) is 5.75 Å². The summed E-state index contributed by atoms with van der Waals surface area (Å²) in [7, 11) is 1.99. The molecule has 134 valence electrons. The zero-order valence-electron chi connectivity index (χ0n) is 15.5. The summed E-state index contributed by atoms with van der Waals surface area (Å²) in [6.07, 6.45) is 0. The molecule has 1 heterocycles. The Labute approximate surface area is 154 Å². The lowest BCUT2D eigenvalue weighted by atomic mass is 10.1. The van der Waals surface area contributed by atoms with Crippen molar-refractivity contribution in [3.63, 3.8) is 0 Å². The van der Waals surface area contributed by atoms with Gasteiger partial charge < -0.3 is 14.6 Å². The van der Waals surface area contributed by atoms with Gasteiger partial charge in [-0.25, -0.2) is 0 Å². The predicted molar refractivity (Wildman–Crippen MR) is 104 cm³/mol. The smallest absolute Gasteiger partial charge is 0.253 e. The first-order chi connectivity index (χ1) is 12.6. The molecule has 0 spiro atoms. The van der Waals surface area contributed by atoms with Crippen molar-refractivity contribution in [3.05, 3.63) is 77.5 Å². The fourth-order valence-corrected chi connectivity index (χ4v) is 2.96. The molecule has 0 radical (unpaired) electrons. The molecule has 0 aliphatic rings. The van der Waals surface area contributed by atoms with Gasteiger partial charge in [0.2, 0.25) is 0 Å². The molecule has 0 fully saturated rings. The van der Waals surface area contributed by atoms with E-state index in [1.165, 1.54) is 0 Å². The number of aromatic nitrogens is 1. The van der Waals surface area contributed by atoms with Gasteiger partial charge in [0, 0.05) is 25.0 Å². The zero-order chi connectivity index (χ0) is 18.5. The standard InChI is InChI=1S/C22H24N2O2/c1-4-26-19-12-10-17(11-13-19)15-23-22(25)20-14-21(24(3)16(20)2)18-8-6-5-7-9-18/h5-14H,4,15H2,1-3H3,(H,23,25). The van der Waals surface area contributed by atoms with Crippen LogP contribution in [-0.2, 0) is 13.6 Å². The highest BCUT2D eigenvalue weighted by atomic mass is 16.5. The van der Waals surface area contributed by atoms with Gasteiger partial charge in [0.1, 0.15) is 5.75 Å². The van der Waals surface area contributed by atoms with Crippen LogP contribution in [0.3, 0.4) is 0 Å². The number of carbonyl (C=O) groups is 1. The minimum Gasteiger partial charge on any atom is -0.494 e. The van der Waals surface area contributed by atoms with E-state index in [2.05, 4.69) is 22.0 Å². The van der Waals surface area contributed by atoms with Gasteiger partial charge in [0.05, 0.1) is 12.2 Å². The van der Waals surface area contributed by atoms with Crippen molar-refractivity contribution in [3.8, 4) is 17.0 Å². The first-order valence-electron chi connectivity index (χ1n) is 8.81. The first kappa shape index (κ1) is 17.8. The second-order valence-corrected chi connectivity index (χ2v) is 6.21. The fourth-order valence-electron chi connectivity index (χ4n) is 2.96. The molecule has 0 atom stereocenters. The van der Waals surface area contributed by atoms with Gasteiger partial charge in [-0.1, -0.05) is 42.5 Å². The largest absolute Gasteiger partial charge is 0.494 e. The van der Waals surface area contributed by atoms with Gasteiger partial charge in [-0.05, 0) is 43.2 Å². The van der Waals surface area contributed by atoms with Crippen LogP contribution in [0.2, 0.25) is 0 Å². The van der Waals surface area contributed by atoms with E-state index in [9.17, 15) is 4.79 Å². The molecule has 1 amide bonds. The zero-order valence-corrected chi connectivity index (χ0v) is 15.5. The second kappa shape index (κ2) is 7.91. The van der Waals surface area contributed by atoms with Crippen LogP contribution in [0.25, 0.3) is 11.3 Å². The van der Waals surface area contributed by atoms with Gasteiger partial charge in [-0.2, -0.15) is 0 Å². The molecule has 1 N–H and O–H groups in total. The van der Waals surface area contributed by atoms with Crippen molar-refractivity contribution in [2.75, 3.05) is 6.61 Å². The monoisotopic (exact) mass is 348 g/mol. The minimum absolute atomic E-state index is 0.0610. The Morgan fingerprint density at radius 2 is 1.77 bits per heavy atom. The molecule has 0 aliphatic heterocycles. The number of amides is 1. The molecule has 1 aromatic heterocycles. The van der Waals surface area contributed by atoms with Gasteiger partial charge in [0.15, 0.2) is 0 Å². The van der Waals surface area contributed by atoms with E-state index in [1.54, 1.807) is 0 Å². The van der Waals surface area contributed by atoms with Crippen LogP contribution in [0, 0.1) is 6.92 Å². The predicted octanol–water partition coefficient (Wildman–Crippen LogP) is 4.33. The Kier molecular flexibility index (Phi) is 5.42. The van der Waals surface area contributed by atoms with E-state index >= 15 is 0 Å². The lowest BCUT2D eigenvalue weighted by Gasteiger charge is -2.07. The Hall–Kier alpha value is -3.01. The number of ether oxygens (including phenoxy) is 1. The Morgan fingerprint density at radius 3 is 2.42 bits per heavy atom. The molecule has 26 heavy (non-hydrogen) atoms. The molecule has 0 saturated carbocycles. The molecule has 3 rings (SSSR count). The number of rotatable bonds is 6. The summed E-state index contributed by atoms with van der Waals surface area (Å²) in [5.74, 6) is 0.781. The number of benzene rings is 2. The SMILES string of the molecule is CCOc1ccc(CNC(=O)c2cc(-c3ccccc3)n(C)c2C)cc1. The molecule has 2 aromatic carbocycles. The van der Waals surface area contributed by atoms with Crippen molar-refractivity contribution in [1.82, 2.24) is 9.88 Å². The number of nitrogens with one attached hydrogen (secondary N) is 1. The summed E-state index contributed by atoms with van der Waals surface area (Å²) in [5, 5.41) is 3.01. The summed E-state index contributed by atoms with van der Waals surface area (Å²) >= 11 is 0. The summed E-state index contributed by atoms with van der Waals surface area (Å²) in [6.45, 7) is 5.06. The highest BCUT2D eigenvalue weighted by Gasteiger charge is 2.16.